The van der Waals surface area contributed by atoms with Crippen LogP contribution in [0.25, 0.3) is 0 Å². The van der Waals surface area contributed by atoms with Crippen LogP contribution in [0.1, 0.15) is 32.8 Å². The first-order chi connectivity index (χ1) is 8.84. The van der Waals surface area contributed by atoms with E-state index in [-0.39, 0.29) is 4.90 Å². The second-order valence-corrected chi connectivity index (χ2v) is 6.76. The van der Waals surface area contributed by atoms with E-state index in [1.807, 2.05) is 12.1 Å². The van der Waals surface area contributed by atoms with Gasteiger partial charge in [0, 0.05) is 6.04 Å². The third kappa shape index (κ3) is 5.30. The number of rotatable bonds is 7. The second-order valence-electron chi connectivity index (χ2n) is 5.20. The van der Waals surface area contributed by atoms with Gasteiger partial charge < -0.3 is 5.32 Å². The highest BCUT2D eigenvalue weighted by Crippen LogP contribution is 2.13. The molecule has 1 aromatic rings. The molecular formula is C14H24N2O2S. The molecule has 0 radical (unpaired) electrons. The van der Waals surface area contributed by atoms with Crippen molar-refractivity contribution in [3.05, 3.63) is 29.8 Å². The van der Waals surface area contributed by atoms with Gasteiger partial charge >= 0.3 is 0 Å². The monoisotopic (exact) mass is 284 g/mol. The van der Waals surface area contributed by atoms with Crippen LogP contribution in [0.3, 0.4) is 0 Å². The highest BCUT2D eigenvalue weighted by atomic mass is 32.2. The van der Waals surface area contributed by atoms with Gasteiger partial charge in [-0.3, -0.25) is 0 Å². The summed E-state index contributed by atoms with van der Waals surface area (Å²) in [5, 5.41) is 8.60. The minimum absolute atomic E-state index is 0.166. The quantitative estimate of drug-likeness (QED) is 0.803. The third-order valence-electron chi connectivity index (χ3n) is 3.17. The fourth-order valence-corrected chi connectivity index (χ4v) is 2.46. The van der Waals surface area contributed by atoms with Crippen LogP contribution < -0.4 is 10.5 Å². The van der Waals surface area contributed by atoms with Crippen molar-refractivity contribution in [2.24, 2.45) is 11.1 Å². The largest absolute Gasteiger partial charge is 0.313 e. The molecule has 0 aliphatic heterocycles. The molecule has 19 heavy (non-hydrogen) atoms. The smallest absolute Gasteiger partial charge is 0.238 e. The molecule has 0 aliphatic rings. The van der Waals surface area contributed by atoms with Gasteiger partial charge in [0.05, 0.1) is 4.90 Å². The van der Waals surface area contributed by atoms with E-state index in [0.717, 1.165) is 24.9 Å². The number of hydrogen-bond donors (Lipinski definition) is 2. The maximum atomic E-state index is 11.2. The molecule has 0 aromatic heterocycles. The lowest BCUT2D eigenvalue weighted by molar-refractivity contribution is 0.397. The van der Waals surface area contributed by atoms with Crippen molar-refractivity contribution < 1.29 is 8.42 Å². The van der Waals surface area contributed by atoms with Crippen LogP contribution >= 0.6 is 0 Å². The molecule has 0 saturated heterocycles. The predicted octanol–water partition coefficient (Wildman–Crippen LogP) is 1.90. The summed E-state index contributed by atoms with van der Waals surface area (Å²) in [7, 11) is -3.59. The Balaban J connectivity index is 2.75. The third-order valence-corrected chi connectivity index (χ3v) is 4.10. The average Bonchev–Trinajstić information content (AvgIpc) is 2.33. The summed E-state index contributed by atoms with van der Waals surface area (Å²) in [5.74, 6) is 0.532. The van der Waals surface area contributed by atoms with Gasteiger partial charge in [0.15, 0.2) is 0 Å². The van der Waals surface area contributed by atoms with Gasteiger partial charge in [-0.1, -0.05) is 32.9 Å². The molecule has 1 atom stereocenters. The summed E-state index contributed by atoms with van der Waals surface area (Å²) < 4.78 is 22.4. The Kier molecular flexibility index (Phi) is 5.97. The Morgan fingerprint density at radius 2 is 1.79 bits per heavy atom. The molecular weight excluding hydrogens is 260 g/mol. The first-order valence-corrected chi connectivity index (χ1v) is 8.24. The maximum absolute atomic E-state index is 11.2. The second kappa shape index (κ2) is 7.03. The zero-order valence-electron chi connectivity index (χ0n) is 11.9. The fraction of sp³-hybridized carbons (Fsp3) is 0.571. The van der Waals surface area contributed by atoms with Gasteiger partial charge in [-0.15, -0.1) is 0 Å². The summed E-state index contributed by atoms with van der Waals surface area (Å²) in [4.78, 5) is 0.166. The van der Waals surface area contributed by atoms with Crippen molar-refractivity contribution in [1.29, 1.82) is 0 Å². The molecule has 4 nitrogen and oxygen atoms in total. The fourth-order valence-electron chi connectivity index (χ4n) is 1.94. The number of primary sulfonamides is 1. The average molecular weight is 284 g/mol. The van der Waals surface area contributed by atoms with Crippen molar-refractivity contribution in [2.75, 3.05) is 6.54 Å². The predicted molar refractivity (Wildman–Crippen MR) is 78.4 cm³/mol. The number of benzene rings is 1. The van der Waals surface area contributed by atoms with Gasteiger partial charge in [-0.05, 0) is 43.0 Å². The van der Waals surface area contributed by atoms with E-state index >= 15 is 0 Å². The first-order valence-electron chi connectivity index (χ1n) is 6.69. The number of hydrogen-bond acceptors (Lipinski definition) is 3. The zero-order chi connectivity index (χ0) is 14.5. The standard InChI is InChI=1S/C14H24N2O2S/c1-4-9-16-14(11(2)3)10-12-5-7-13(8-6-12)19(15,17)18/h5-8,11,14,16H,4,9-10H2,1-3H3,(H2,15,17,18). The van der Waals surface area contributed by atoms with Crippen LogP contribution in [0, 0.1) is 5.92 Å². The summed E-state index contributed by atoms with van der Waals surface area (Å²) in [6.45, 7) is 7.52. The Morgan fingerprint density at radius 1 is 1.21 bits per heavy atom. The Hall–Kier alpha value is -0.910. The lowest BCUT2D eigenvalue weighted by Gasteiger charge is -2.22. The van der Waals surface area contributed by atoms with Gasteiger partial charge in [-0.25, -0.2) is 13.6 Å². The van der Waals surface area contributed by atoms with Crippen molar-refractivity contribution in [3.63, 3.8) is 0 Å². The van der Waals surface area contributed by atoms with E-state index in [2.05, 4.69) is 26.1 Å². The molecule has 3 N–H and O–H groups in total. The minimum atomic E-state index is -3.59. The van der Waals surface area contributed by atoms with E-state index in [4.69, 9.17) is 5.14 Å². The highest BCUT2D eigenvalue weighted by molar-refractivity contribution is 7.89. The Bertz CT molecular complexity index is 481. The van der Waals surface area contributed by atoms with E-state index in [1.165, 1.54) is 0 Å². The van der Waals surface area contributed by atoms with E-state index < -0.39 is 10.0 Å². The normalized spacial score (nSPS) is 13.7. The van der Waals surface area contributed by atoms with Crippen LogP contribution in [-0.4, -0.2) is 21.0 Å². The first kappa shape index (κ1) is 16.1. The summed E-state index contributed by atoms with van der Waals surface area (Å²) >= 11 is 0. The molecule has 1 unspecified atom stereocenters. The molecule has 108 valence electrons. The molecule has 0 aliphatic carbocycles. The number of nitrogens with one attached hydrogen (secondary N) is 1. The molecule has 1 aromatic carbocycles. The lowest BCUT2D eigenvalue weighted by atomic mass is 9.96. The van der Waals surface area contributed by atoms with E-state index in [9.17, 15) is 8.42 Å². The van der Waals surface area contributed by atoms with Crippen molar-refractivity contribution in [3.8, 4) is 0 Å². The van der Waals surface area contributed by atoms with Crippen molar-refractivity contribution in [1.82, 2.24) is 5.32 Å². The molecule has 0 fully saturated rings. The molecule has 0 saturated carbocycles. The lowest BCUT2D eigenvalue weighted by Crippen LogP contribution is -2.36. The van der Waals surface area contributed by atoms with E-state index in [0.29, 0.717) is 12.0 Å². The molecule has 0 heterocycles. The SMILES string of the molecule is CCCNC(Cc1ccc(S(N)(=O)=O)cc1)C(C)C. The molecule has 1 rings (SSSR count). The maximum Gasteiger partial charge on any atom is 0.238 e. The number of nitrogens with two attached hydrogens (primary N) is 1. The highest BCUT2D eigenvalue weighted by Gasteiger charge is 2.14. The van der Waals surface area contributed by atoms with Gasteiger partial charge in [0.1, 0.15) is 0 Å². The topological polar surface area (TPSA) is 72.2 Å². The summed E-state index contributed by atoms with van der Waals surface area (Å²) in [5.41, 5.74) is 1.12. The van der Waals surface area contributed by atoms with Crippen LogP contribution in [0.15, 0.2) is 29.2 Å². The van der Waals surface area contributed by atoms with Gasteiger partial charge in [-0.2, -0.15) is 0 Å². The Morgan fingerprint density at radius 3 is 2.21 bits per heavy atom. The van der Waals surface area contributed by atoms with Crippen LogP contribution in [0.5, 0.6) is 0 Å². The minimum Gasteiger partial charge on any atom is -0.313 e. The van der Waals surface area contributed by atoms with Crippen molar-refractivity contribution in [2.45, 2.75) is 44.6 Å². The van der Waals surface area contributed by atoms with Gasteiger partial charge in [0.2, 0.25) is 10.0 Å². The summed E-state index contributed by atoms with van der Waals surface area (Å²) in [6.07, 6.45) is 2.00. The molecule has 0 bridgehead atoms. The van der Waals surface area contributed by atoms with Crippen LogP contribution in [0.2, 0.25) is 0 Å². The molecule has 0 spiro atoms. The number of sulfonamides is 1. The zero-order valence-corrected chi connectivity index (χ0v) is 12.7. The van der Waals surface area contributed by atoms with Crippen LogP contribution in [-0.2, 0) is 16.4 Å². The van der Waals surface area contributed by atoms with E-state index in [1.54, 1.807) is 12.1 Å². The van der Waals surface area contributed by atoms with Crippen LogP contribution in [0.4, 0.5) is 0 Å². The Labute approximate surface area is 116 Å². The van der Waals surface area contributed by atoms with Crippen molar-refractivity contribution >= 4 is 10.0 Å². The molecule has 5 heteroatoms. The summed E-state index contributed by atoms with van der Waals surface area (Å²) in [6, 6.07) is 7.22. The van der Waals surface area contributed by atoms with Gasteiger partial charge in [0.25, 0.3) is 0 Å². The molecule has 0 amide bonds.